The molecule has 0 bridgehead atoms. The molecule has 0 aliphatic carbocycles. The predicted molar refractivity (Wildman–Crippen MR) is 82.6 cm³/mol. The van der Waals surface area contributed by atoms with E-state index in [2.05, 4.69) is 11.1 Å². The smallest absolute Gasteiger partial charge is 0.272 e. The van der Waals surface area contributed by atoms with Crippen molar-refractivity contribution in [2.75, 3.05) is 27.2 Å². The van der Waals surface area contributed by atoms with Crippen molar-refractivity contribution in [1.29, 1.82) is 5.26 Å². The largest absolute Gasteiger partial charge is 0.495 e. The Hall–Kier alpha value is -2.62. The monoisotopic (exact) mass is 316 g/mol. The van der Waals surface area contributed by atoms with Crippen molar-refractivity contribution in [3.63, 3.8) is 0 Å². The Balaban J connectivity index is 2.00. The SMILES string of the molecule is COc1ccc(C(=O)N(C)CC(=O)N2CC(C)CC2C#N)nc1. The first-order valence-corrected chi connectivity index (χ1v) is 7.40. The third-order valence-corrected chi connectivity index (χ3v) is 3.89. The summed E-state index contributed by atoms with van der Waals surface area (Å²) >= 11 is 0. The Bertz CT molecular complexity index is 623. The fraction of sp³-hybridized carbons (Fsp3) is 0.500. The minimum absolute atomic E-state index is 0.0720. The molecule has 0 radical (unpaired) electrons. The van der Waals surface area contributed by atoms with Gasteiger partial charge in [0.15, 0.2) is 0 Å². The molecule has 23 heavy (non-hydrogen) atoms. The van der Waals surface area contributed by atoms with E-state index in [4.69, 9.17) is 10.00 Å². The first-order chi connectivity index (χ1) is 11.0. The second kappa shape index (κ2) is 7.09. The number of likely N-dealkylation sites (tertiary alicyclic amines) is 1. The summed E-state index contributed by atoms with van der Waals surface area (Å²) in [7, 11) is 3.07. The minimum atomic E-state index is -0.403. The number of methoxy groups -OCH3 is 1. The van der Waals surface area contributed by atoms with Gasteiger partial charge in [0.05, 0.1) is 25.9 Å². The second-order valence-electron chi connectivity index (χ2n) is 5.78. The van der Waals surface area contributed by atoms with Gasteiger partial charge in [-0.15, -0.1) is 0 Å². The summed E-state index contributed by atoms with van der Waals surface area (Å²) in [5, 5.41) is 9.13. The van der Waals surface area contributed by atoms with E-state index in [0.717, 1.165) is 0 Å². The predicted octanol–water partition coefficient (Wildman–Crippen LogP) is 0.923. The highest BCUT2D eigenvalue weighted by Crippen LogP contribution is 2.22. The molecule has 2 heterocycles. The third kappa shape index (κ3) is 3.77. The Morgan fingerprint density at radius 3 is 2.83 bits per heavy atom. The van der Waals surface area contributed by atoms with Gasteiger partial charge in [0.25, 0.3) is 5.91 Å². The lowest BCUT2D eigenvalue weighted by Crippen LogP contribution is -2.43. The molecule has 2 amide bonds. The summed E-state index contributed by atoms with van der Waals surface area (Å²) in [6.45, 7) is 2.49. The van der Waals surface area contributed by atoms with Crippen LogP contribution in [0.4, 0.5) is 0 Å². The molecule has 2 atom stereocenters. The quantitative estimate of drug-likeness (QED) is 0.824. The van der Waals surface area contributed by atoms with Crippen molar-refractivity contribution < 1.29 is 14.3 Å². The molecule has 1 aliphatic rings. The van der Waals surface area contributed by atoms with Crippen LogP contribution in [-0.2, 0) is 4.79 Å². The number of ether oxygens (including phenoxy) is 1. The highest BCUT2D eigenvalue weighted by molar-refractivity contribution is 5.94. The van der Waals surface area contributed by atoms with Crippen LogP contribution in [0.2, 0.25) is 0 Å². The van der Waals surface area contributed by atoms with Crippen LogP contribution in [0, 0.1) is 17.2 Å². The van der Waals surface area contributed by atoms with Crippen LogP contribution in [0.1, 0.15) is 23.8 Å². The molecule has 1 fully saturated rings. The molecule has 122 valence electrons. The fourth-order valence-corrected chi connectivity index (χ4v) is 2.63. The maximum Gasteiger partial charge on any atom is 0.272 e. The maximum atomic E-state index is 12.3. The van der Waals surface area contributed by atoms with Gasteiger partial charge in [0, 0.05) is 13.6 Å². The van der Waals surface area contributed by atoms with Gasteiger partial charge in [-0.05, 0) is 24.5 Å². The molecule has 7 nitrogen and oxygen atoms in total. The maximum absolute atomic E-state index is 12.3. The minimum Gasteiger partial charge on any atom is -0.495 e. The molecule has 0 spiro atoms. The van der Waals surface area contributed by atoms with Crippen LogP contribution < -0.4 is 4.74 Å². The number of nitrogens with zero attached hydrogens (tertiary/aromatic N) is 4. The zero-order chi connectivity index (χ0) is 17.0. The zero-order valence-electron chi connectivity index (χ0n) is 13.5. The van der Waals surface area contributed by atoms with Gasteiger partial charge in [0.2, 0.25) is 5.91 Å². The van der Waals surface area contributed by atoms with Gasteiger partial charge in [-0.25, -0.2) is 4.98 Å². The number of likely N-dealkylation sites (N-methyl/N-ethyl adjacent to an activating group) is 1. The molecule has 1 saturated heterocycles. The number of nitriles is 1. The molecule has 0 saturated carbocycles. The van der Waals surface area contributed by atoms with Gasteiger partial charge in [0.1, 0.15) is 17.5 Å². The number of carbonyl (C=O) groups excluding carboxylic acids is 2. The van der Waals surface area contributed by atoms with Crippen molar-refractivity contribution in [1.82, 2.24) is 14.8 Å². The second-order valence-corrected chi connectivity index (χ2v) is 5.78. The number of hydrogen-bond donors (Lipinski definition) is 0. The molecule has 1 aliphatic heterocycles. The molecule has 1 aromatic heterocycles. The number of carbonyl (C=O) groups is 2. The van der Waals surface area contributed by atoms with Crippen LogP contribution >= 0.6 is 0 Å². The van der Waals surface area contributed by atoms with Crippen molar-refractivity contribution >= 4 is 11.8 Å². The summed E-state index contributed by atoms with van der Waals surface area (Å²) in [5.74, 6) is 0.295. The highest BCUT2D eigenvalue weighted by Gasteiger charge is 2.33. The summed E-state index contributed by atoms with van der Waals surface area (Å²) in [6.07, 6.45) is 2.14. The van der Waals surface area contributed by atoms with Gasteiger partial charge < -0.3 is 14.5 Å². The Morgan fingerprint density at radius 2 is 2.26 bits per heavy atom. The van der Waals surface area contributed by atoms with Gasteiger partial charge in [-0.1, -0.05) is 6.92 Å². The number of aromatic nitrogens is 1. The van der Waals surface area contributed by atoms with E-state index in [1.54, 1.807) is 24.1 Å². The van der Waals surface area contributed by atoms with Gasteiger partial charge in [-0.2, -0.15) is 5.26 Å². The van der Waals surface area contributed by atoms with Crippen molar-refractivity contribution in [3.05, 3.63) is 24.0 Å². The van der Waals surface area contributed by atoms with Crippen molar-refractivity contribution in [3.8, 4) is 11.8 Å². The number of rotatable bonds is 4. The van der Waals surface area contributed by atoms with E-state index in [1.165, 1.54) is 18.2 Å². The standard InChI is InChI=1S/C16H20N4O3/c1-11-6-12(7-17)20(9-11)15(21)10-19(2)16(22)14-5-4-13(23-3)8-18-14/h4-5,8,11-12H,6,9-10H2,1-3H3. The summed E-state index contributed by atoms with van der Waals surface area (Å²) in [4.78, 5) is 31.5. The average Bonchev–Trinajstić information content (AvgIpc) is 2.95. The lowest BCUT2D eigenvalue weighted by atomic mass is 10.1. The molecular weight excluding hydrogens is 296 g/mol. The van der Waals surface area contributed by atoms with Gasteiger partial charge >= 0.3 is 0 Å². The van der Waals surface area contributed by atoms with Crippen molar-refractivity contribution in [2.45, 2.75) is 19.4 Å². The van der Waals surface area contributed by atoms with Crippen molar-refractivity contribution in [2.24, 2.45) is 5.92 Å². The van der Waals surface area contributed by atoms with E-state index in [9.17, 15) is 9.59 Å². The van der Waals surface area contributed by atoms with E-state index in [-0.39, 0.29) is 24.1 Å². The molecule has 7 heteroatoms. The molecule has 2 unspecified atom stereocenters. The number of hydrogen-bond acceptors (Lipinski definition) is 5. The lowest BCUT2D eigenvalue weighted by molar-refractivity contribution is -0.131. The van der Waals surface area contributed by atoms with E-state index >= 15 is 0 Å². The first kappa shape index (κ1) is 16.7. The Morgan fingerprint density at radius 1 is 1.52 bits per heavy atom. The summed E-state index contributed by atoms with van der Waals surface area (Å²) in [5.41, 5.74) is 0.243. The first-order valence-electron chi connectivity index (χ1n) is 7.40. The van der Waals surface area contributed by atoms with E-state index < -0.39 is 6.04 Å². The summed E-state index contributed by atoms with van der Waals surface area (Å²) < 4.78 is 5.00. The van der Waals surface area contributed by atoms with Crippen LogP contribution in [0.5, 0.6) is 5.75 Å². The van der Waals surface area contributed by atoms with Crippen LogP contribution in [0.3, 0.4) is 0 Å². The molecule has 1 aromatic rings. The summed E-state index contributed by atoms with van der Waals surface area (Å²) in [6, 6.07) is 4.94. The molecule has 2 rings (SSSR count). The Labute approximate surface area is 135 Å². The number of amides is 2. The highest BCUT2D eigenvalue weighted by atomic mass is 16.5. The Kier molecular flexibility index (Phi) is 5.16. The van der Waals surface area contributed by atoms with Crippen LogP contribution in [0.15, 0.2) is 18.3 Å². The van der Waals surface area contributed by atoms with E-state index in [0.29, 0.717) is 24.6 Å². The average molecular weight is 316 g/mol. The normalized spacial score (nSPS) is 20.0. The fourth-order valence-electron chi connectivity index (χ4n) is 2.63. The lowest BCUT2D eigenvalue weighted by Gasteiger charge is -2.23. The number of pyridine rings is 1. The topological polar surface area (TPSA) is 86.5 Å². The van der Waals surface area contributed by atoms with Crippen LogP contribution in [0.25, 0.3) is 0 Å². The third-order valence-electron chi connectivity index (χ3n) is 3.89. The molecule has 0 aromatic carbocycles. The molecular formula is C16H20N4O3. The van der Waals surface area contributed by atoms with Gasteiger partial charge in [-0.3, -0.25) is 9.59 Å². The van der Waals surface area contributed by atoms with Crippen LogP contribution in [-0.4, -0.2) is 59.9 Å². The zero-order valence-corrected chi connectivity index (χ0v) is 13.5. The van der Waals surface area contributed by atoms with E-state index in [1.807, 2.05) is 6.92 Å². The molecule has 0 N–H and O–H groups in total.